The van der Waals surface area contributed by atoms with Gasteiger partial charge in [-0.25, -0.2) is 0 Å². The highest BCUT2D eigenvalue weighted by atomic mass is 32.2. The Balaban J connectivity index is 1.29. The molecular weight excluding hydrogens is 416 g/mol. The number of nitrogens with zero attached hydrogens (tertiary/aromatic N) is 2. The van der Waals surface area contributed by atoms with Crippen LogP contribution in [-0.2, 0) is 0 Å². The predicted molar refractivity (Wildman–Crippen MR) is 117 cm³/mol. The molecule has 2 aromatic rings. The summed E-state index contributed by atoms with van der Waals surface area (Å²) < 4.78 is 16.0. The lowest BCUT2D eigenvalue weighted by molar-refractivity contribution is 0.0497. The van der Waals surface area contributed by atoms with E-state index < -0.39 is 0 Å². The van der Waals surface area contributed by atoms with Crippen molar-refractivity contribution in [3.8, 4) is 17.2 Å². The molecule has 8 heteroatoms. The fourth-order valence-electron chi connectivity index (χ4n) is 4.49. The molecule has 0 atom stereocenters. The van der Waals surface area contributed by atoms with Gasteiger partial charge in [-0.1, -0.05) is 6.07 Å². The zero-order valence-corrected chi connectivity index (χ0v) is 18.2. The number of benzene rings is 2. The Kier molecular flexibility index (Phi) is 5.17. The van der Waals surface area contributed by atoms with Crippen molar-refractivity contribution in [1.29, 1.82) is 0 Å². The van der Waals surface area contributed by atoms with Crippen molar-refractivity contribution in [1.82, 2.24) is 9.80 Å². The maximum absolute atomic E-state index is 13.3. The van der Waals surface area contributed by atoms with Crippen LogP contribution in [0.2, 0.25) is 0 Å². The summed E-state index contributed by atoms with van der Waals surface area (Å²) in [6.07, 6.45) is 1.51. The Hall–Kier alpha value is -2.87. The van der Waals surface area contributed by atoms with Crippen LogP contribution in [0.1, 0.15) is 33.6 Å². The molecule has 0 saturated carbocycles. The molecule has 2 aromatic carbocycles. The lowest BCUT2D eigenvalue weighted by Gasteiger charge is -2.44. The molecule has 1 spiro atoms. The molecule has 0 aromatic heterocycles. The van der Waals surface area contributed by atoms with Crippen LogP contribution in [0.3, 0.4) is 0 Å². The highest BCUT2D eigenvalue weighted by Gasteiger charge is 2.47. The third-order valence-electron chi connectivity index (χ3n) is 6.19. The molecular formula is C23H24N2O5S. The van der Waals surface area contributed by atoms with Gasteiger partial charge in [0.15, 0.2) is 11.5 Å². The van der Waals surface area contributed by atoms with Gasteiger partial charge in [-0.3, -0.25) is 9.59 Å². The van der Waals surface area contributed by atoms with Crippen molar-refractivity contribution in [2.45, 2.75) is 17.7 Å². The number of thioether (sulfide) groups is 1. The fraction of sp³-hybridized carbons (Fsp3) is 0.391. The van der Waals surface area contributed by atoms with Crippen molar-refractivity contribution in [3.63, 3.8) is 0 Å². The van der Waals surface area contributed by atoms with Crippen LogP contribution in [0, 0.1) is 0 Å². The highest BCUT2D eigenvalue weighted by molar-refractivity contribution is 8.00. The van der Waals surface area contributed by atoms with E-state index in [1.165, 1.54) is 0 Å². The first-order valence-electron chi connectivity index (χ1n) is 10.4. The average Bonchev–Trinajstić information content (AvgIpc) is 3.45. The number of hydrogen-bond donors (Lipinski definition) is 0. The van der Waals surface area contributed by atoms with Crippen molar-refractivity contribution >= 4 is 23.6 Å². The van der Waals surface area contributed by atoms with E-state index in [0.29, 0.717) is 41.5 Å². The number of carbonyl (C=O) groups excluding carboxylic acids is 2. The first kappa shape index (κ1) is 20.1. The van der Waals surface area contributed by atoms with Crippen molar-refractivity contribution in [2.75, 3.05) is 39.3 Å². The van der Waals surface area contributed by atoms with E-state index >= 15 is 0 Å². The Morgan fingerprint density at radius 1 is 0.968 bits per heavy atom. The number of rotatable bonds is 3. The second kappa shape index (κ2) is 8.00. The van der Waals surface area contributed by atoms with E-state index in [1.54, 1.807) is 31.4 Å². The highest BCUT2D eigenvalue weighted by Crippen LogP contribution is 2.45. The van der Waals surface area contributed by atoms with E-state index in [9.17, 15) is 9.59 Å². The molecule has 162 valence electrons. The maximum Gasteiger partial charge on any atom is 0.255 e. The van der Waals surface area contributed by atoms with Gasteiger partial charge in [0.05, 0.1) is 12.0 Å². The summed E-state index contributed by atoms with van der Waals surface area (Å²) in [6, 6.07) is 12.6. The van der Waals surface area contributed by atoms with Gasteiger partial charge >= 0.3 is 0 Å². The number of hydrogen-bond acceptors (Lipinski definition) is 6. The van der Waals surface area contributed by atoms with E-state index in [0.717, 1.165) is 25.1 Å². The van der Waals surface area contributed by atoms with Crippen LogP contribution in [-0.4, -0.2) is 65.8 Å². The topological polar surface area (TPSA) is 68.3 Å². The van der Waals surface area contributed by atoms with Crippen LogP contribution < -0.4 is 14.2 Å². The molecule has 0 aliphatic carbocycles. The summed E-state index contributed by atoms with van der Waals surface area (Å²) in [5.41, 5.74) is 1.24. The average molecular weight is 441 g/mol. The van der Waals surface area contributed by atoms with Gasteiger partial charge in [0.25, 0.3) is 11.8 Å². The van der Waals surface area contributed by atoms with Gasteiger partial charge in [0.2, 0.25) is 6.79 Å². The third kappa shape index (κ3) is 3.59. The number of amides is 2. The second-order valence-electron chi connectivity index (χ2n) is 7.84. The number of methoxy groups -OCH3 is 1. The van der Waals surface area contributed by atoms with Crippen LogP contribution in [0.5, 0.6) is 17.2 Å². The molecule has 5 rings (SSSR count). The molecule has 2 saturated heterocycles. The summed E-state index contributed by atoms with van der Waals surface area (Å²) in [5.74, 6) is 2.88. The molecule has 2 amide bonds. The number of ether oxygens (including phenoxy) is 3. The first-order chi connectivity index (χ1) is 15.1. The molecule has 0 N–H and O–H groups in total. The lowest BCUT2D eigenvalue weighted by atomic mass is 10.00. The van der Waals surface area contributed by atoms with E-state index in [2.05, 4.69) is 0 Å². The zero-order chi connectivity index (χ0) is 21.4. The quantitative estimate of drug-likeness (QED) is 0.730. The summed E-state index contributed by atoms with van der Waals surface area (Å²) in [4.78, 5) is 29.9. The number of fused-ring (bicyclic) bond motifs is 1. The summed E-state index contributed by atoms with van der Waals surface area (Å²) in [6.45, 7) is 2.13. The van der Waals surface area contributed by atoms with E-state index in [1.807, 2.05) is 39.8 Å². The SMILES string of the molecule is COc1cccc(C(=O)N2CCSC23CCN(C(=O)c2ccc4c(c2)OCO4)CC3)c1. The van der Waals surface area contributed by atoms with Crippen LogP contribution in [0.25, 0.3) is 0 Å². The van der Waals surface area contributed by atoms with Gasteiger partial charge in [-0.05, 0) is 49.2 Å². The molecule has 7 nitrogen and oxygen atoms in total. The standard InChI is InChI=1S/C23H24N2O5S/c1-28-18-4-2-3-16(13-18)22(27)25-11-12-31-23(25)7-9-24(10-8-23)21(26)17-5-6-19-20(14-17)30-15-29-19/h2-6,13-14H,7-12,15H2,1H3. The monoisotopic (exact) mass is 440 g/mol. The van der Waals surface area contributed by atoms with Gasteiger partial charge in [0.1, 0.15) is 5.75 Å². The third-order valence-corrected chi connectivity index (χ3v) is 7.74. The van der Waals surface area contributed by atoms with E-state index in [-0.39, 0.29) is 23.5 Å². The first-order valence-corrected chi connectivity index (χ1v) is 11.4. The molecule has 0 bridgehead atoms. The Morgan fingerprint density at radius 3 is 2.55 bits per heavy atom. The molecule has 0 unspecified atom stereocenters. The number of carbonyl (C=O) groups is 2. The summed E-state index contributed by atoms with van der Waals surface area (Å²) in [5, 5.41) is 0. The minimum Gasteiger partial charge on any atom is -0.497 e. The van der Waals surface area contributed by atoms with Crippen molar-refractivity contribution in [2.24, 2.45) is 0 Å². The second-order valence-corrected chi connectivity index (χ2v) is 9.30. The van der Waals surface area contributed by atoms with E-state index in [4.69, 9.17) is 14.2 Å². The molecule has 3 aliphatic rings. The smallest absolute Gasteiger partial charge is 0.255 e. The van der Waals surface area contributed by atoms with Gasteiger partial charge < -0.3 is 24.0 Å². The van der Waals surface area contributed by atoms with Crippen LogP contribution >= 0.6 is 11.8 Å². The normalized spacial score (nSPS) is 19.0. The summed E-state index contributed by atoms with van der Waals surface area (Å²) in [7, 11) is 1.60. The summed E-state index contributed by atoms with van der Waals surface area (Å²) >= 11 is 1.83. The largest absolute Gasteiger partial charge is 0.497 e. The Bertz CT molecular complexity index is 1020. The maximum atomic E-state index is 13.3. The Labute approximate surface area is 185 Å². The molecule has 3 aliphatic heterocycles. The zero-order valence-electron chi connectivity index (χ0n) is 17.3. The minimum atomic E-state index is -0.258. The van der Waals surface area contributed by atoms with Crippen molar-refractivity contribution in [3.05, 3.63) is 53.6 Å². The number of likely N-dealkylation sites (tertiary alicyclic amines) is 1. The molecule has 2 fully saturated rings. The lowest BCUT2D eigenvalue weighted by Crippen LogP contribution is -2.53. The molecule has 31 heavy (non-hydrogen) atoms. The van der Waals surface area contributed by atoms with Crippen LogP contribution in [0.15, 0.2) is 42.5 Å². The van der Waals surface area contributed by atoms with Gasteiger partial charge in [0, 0.05) is 36.5 Å². The number of piperidine rings is 1. The molecule has 3 heterocycles. The Morgan fingerprint density at radius 2 is 1.74 bits per heavy atom. The van der Waals surface area contributed by atoms with Gasteiger partial charge in [-0.15, -0.1) is 11.8 Å². The predicted octanol–water partition coefficient (Wildman–Crippen LogP) is 3.25. The van der Waals surface area contributed by atoms with Crippen LogP contribution in [0.4, 0.5) is 0 Å². The van der Waals surface area contributed by atoms with Crippen molar-refractivity contribution < 1.29 is 23.8 Å². The van der Waals surface area contributed by atoms with Gasteiger partial charge in [-0.2, -0.15) is 0 Å². The molecule has 0 radical (unpaired) electrons. The minimum absolute atomic E-state index is 0.0122. The fourth-order valence-corrected chi connectivity index (χ4v) is 5.95.